The number of ether oxygens (including phenoxy) is 1. The second kappa shape index (κ2) is 5.71. The first kappa shape index (κ1) is 13.4. The van der Waals surface area contributed by atoms with Gasteiger partial charge in [-0.3, -0.25) is 4.79 Å². The molecule has 20 heavy (non-hydrogen) atoms. The molecule has 1 heterocycles. The number of nitrogens with zero attached hydrogens (tertiary/aromatic N) is 2. The molecule has 6 heteroatoms. The van der Waals surface area contributed by atoms with Crippen molar-refractivity contribution in [3.63, 3.8) is 0 Å². The highest BCUT2D eigenvalue weighted by atomic mass is 16.5. The Labute approximate surface area is 115 Å². The lowest BCUT2D eigenvalue weighted by Gasteiger charge is -2.11. The van der Waals surface area contributed by atoms with Crippen LogP contribution >= 0.6 is 0 Å². The minimum Gasteiger partial charge on any atom is -0.495 e. The molecule has 1 aromatic heterocycles. The largest absolute Gasteiger partial charge is 0.495 e. The number of carbonyl (C=O) groups is 1. The van der Waals surface area contributed by atoms with Crippen molar-refractivity contribution in [2.75, 3.05) is 18.2 Å². The summed E-state index contributed by atoms with van der Waals surface area (Å²) in [6.07, 6.45) is 1.37. The predicted molar refractivity (Wildman–Crippen MR) is 74.3 cm³/mol. The molecule has 3 N–H and O–H groups in total. The first-order valence-corrected chi connectivity index (χ1v) is 5.75. The molecule has 0 aliphatic heterocycles. The van der Waals surface area contributed by atoms with Gasteiger partial charge < -0.3 is 15.8 Å². The third-order valence-electron chi connectivity index (χ3n) is 2.65. The number of nitriles is 1. The fourth-order valence-corrected chi connectivity index (χ4v) is 1.65. The van der Waals surface area contributed by atoms with E-state index in [2.05, 4.69) is 10.3 Å². The van der Waals surface area contributed by atoms with Gasteiger partial charge in [0.1, 0.15) is 23.3 Å². The third kappa shape index (κ3) is 2.67. The average molecular weight is 268 g/mol. The second-order valence-corrected chi connectivity index (χ2v) is 3.92. The maximum atomic E-state index is 12.1. The molecule has 0 saturated heterocycles. The van der Waals surface area contributed by atoms with Gasteiger partial charge in [-0.05, 0) is 24.3 Å². The number of nitrogen functional groups attached to an aromatic ring is 1. The van der Waals surface area contributed by atoms with Crippen LogP contribution in [0.25, 0.3) is 0 Å². The monoisotopic (exact) mass is 268 g/mol. The number of pyridine rings is 1. The fourth-order valence-electron chi connectivity index (χ4n) is 1.65. The van der Waals surface area contributed by atoms with Gasteiger partial charge in [0, 0.05) is 6.20 Å². The molecule has 0 radical (unpaired) electrons. The summed E-state index contributed by atoms with van der Waals surface area (Å²) >= 11 is 0. The molecule has 0 aliphatic carbocycles. The van der Waals surface area contributed by atoms with Gasteiger partial charge in [-0.15, -0.1) is 0 Å². The number of aromatic nitrogens is 1. The fraction of sp³-hybridized carbons (Fsp3) is 0.0714. The maximum Gasteiger partial charge on any atom is 0.257 e. The number of rotatable bonds is 3. The minimum absolute atomic E-state index is 0.320. The summed E-state index contributed by atoms with van der Waals surface area (Å²) in [6.45, 7) is 0. The zero-order valence-corrected chi connectivity index (χ0v) is 10.8. The molecule has 0 aliphatic rings. The van der Waals surface area contributed by atoms with E-state index in [4.69, 9.17) is 15.7 Å². The molecule has 0 saturated carbocycles. The number of nitrogens with one attached hydrogen (secondary N) is 1. The van der Waals surface area contributed by atoms with Crippen LogP contribution in [0, 0.1) is 11.3 Å². The number of amides is 1. The van der Waals surface area contributed by atoms with Crippen molar-refractivity contribution in [3.05, 3.63) is 47.7 Å². The normalized spacial score (nSPS) is 9.60. The van der Waals surface area contributed by atoms with Crippen LogP contribution in [0.5, 0.6) is 5.75 Å². The zero-order chi connectivity index (χ0) is 14.5. The quantitative estimate of drug-likeness (QED) is 0.883. The number of hydrogen-bond donors (Lipinski definition) is 2. The zero-order valence-electron chi connectivity index (χ0n) is 10.8. The van der Waals surface area contributed by atoms with E-state index in [1.165, 1.54) is 19.4 Å². The lowest BCUT2D eigenvalue weighted by Crippen LogP contribution is -2.14. The molecule has 1 aromatic carbocycles. The van der Waals surface area contributed by atoms with Crippen LogP contribution in [0.15, 0.2) is 36.5 Å². The Morgan fingerprint density at radius 3 is 2.80 bits per heavy atom. The summed E-state index contributed by atoms with van der Waals surface area (Å²) in [6, 6.07) is 10.0. The Bertz CT molecular complexity index is 675. The molecule has 0 spiro atoms. The third-order valence-corrected chi connectivity index (χ3v) is 2.65. The van der Waals surface area contributed by atoms with Crippen molar-refractivity contribution in [3.8, 4) is 11.8 Å². The Kier molecular flexibility index (Phi) is 3.82. The SMILES string of the molecule is COc1cccc(C#N)c1NC(=O)c1ccc(N)nc1. The Hall–Kier alpha value is -3.07. The summed E-state index contributed by atoms with van der Waals surface area (Å²) in [5.41, 5.74) is 6.46. The molecule has 1 amide bonds. The van der Waals surface area contributed by atoms with Gasteiger partial charge in [-0.25, -0.2) is 4.98 Å². The molecule has 0 bridgehead atoms. The van der Waals surface area contributed by atoms with Crippen molar-refractivity contribution in [1.82, 2.24) is 4.98 Å². The van der Waals surface area contributed by atoms with Crippen LogP contribution in [0.3, 0.4) is 0 Å². The van der Waals surface area contributed by atoms with Crippen molar-refractivity contribution in [2.24, 2.45) is 0 Å². The maximum absolute atomic E-state index is 12.1. The molecule has 0 unspecified atom stereocenters. The van der Waals surface area contributed by atoms with E-state index in [-0.39, 0.29) is 0 Å². The molecule has 6 nitrogen and oxygen atoms in total. The topological polar surface area (TPSA) is 101 Å². The Morgan fingerprint density at radius 1 is 1.40 bits per heavy atom. The summed E-state index contributed by atoms with van der Waals surface area (Å²) in [5.74, 6) is 0.357. The summed E-state index contributed by atoms with van der Waals surface area (Å²) in [4.78, 5) is 16.0. The van der Waals surface area contributed by atoms with Crippen molar-refractivity contribution in [2.45, 2.75) is 0 Å². The number of para-hydroxylation sites is 1. The van der Waals surface area contributed by atoms with Gasteiger partial charge in [0.05, 0.1) is 18.2 Å². The first-order valence-electron chi connectivity index (χ1n) is 5.75. The molecular formula is C14H12N4O2. The van der Waals surface area contributed by atoms with Gasteiger partial charge in [0.2, 0.25) is 0 Å². The van der Waals surface area contributed by atoms with Crippen LogP contribution in [-0.4, -0.2) is 18.0 Å². The molecule has 0 fully saturated rings. The van der Waals surface area contributed by atoms with Gasteiger partial charge >= 0.3 is 0 Å². The van der Waals surface area contributed by atoms with Gasteiger partial charge in [-0.2, -0.15) is 5.26 Å². The minimum atomic E-state index is -0.390. The smallest absolute Gasteiger partial charge is 0.257 e. The van der Waals surface area contributed by atoms with Crippen LogP contribution in [0.2, 0.25) is 0 Å². The van der Waals surface area contributed by atoms with E-state index in [0.29, 0.717) is 28.4 Å². The van der Waals surface area contributed by atoms with E-state index in [1.807, 2.05) is 6.07 Å². The van der Waals surface area contributed by atoms with Gasteiger partial charge in [-0.1, -0.05) is 6.07 Å². The average Bonchev–Trinajstić information content (AvgIpc) is 2.48. The highest BCUT2D eigenvalue weighted by Crippen LogP contribution is 2.28. The first-order chi connectivity index (χ1) is 9.65. The van der Waals surface area contributed by atoms with Crippen LogP contribution < -0.4 is 15.8 Å². The van der Waals surface area contributed by atoms with Crippen molar-refractivity contribution >= 4 is 17.4 Å². The molecule has 100 valence electrons. The van der Waals surface area contributed by atoms with Crippen LogP contribution in [-0.2, 0) is 0 Å². The molecular weight excluding hydrogens is 256 g/mol. The predicted octanol–water partition coefficient (Wildman–Crippen LogP) is 1.80. The second-order valence-electron chi connectivity index (χ2n) is 3.92. The standard InChI is InChI=1S/C14H12N4O2/c1-20-11-4-2-3-9(7-15)13(11)18-14(19)10-5-6-12(16)17-8-10/h2-6,8H,1H3,(H2,16,17)(H,18,19). The number of carbonyl (C=O) groups excluding carboxylic acids is 1. The van der Waals surface area contributed by atoms with Crippen LogP contribution in [0.4, 0.5) is 11.5 Å². The van der Waals surface area contributed by atoms with Crippen molar-refractivity contribution in [1.29, 1.82) is 5.26 Å². The number of hydrogen-bond acceptors (Lipinski definition) is 5. The molecule has 2 rings (SSSR count). The van der Waals surface area contributed by atoms with E-state index in [9.17, 15) is 4.79 Å². The number of nitrogens with two attached hydrogens (primary N) is 1. The van der Waals surface area contributed by atoms with Gasteiger partial charge in [0.25, 0.3) is 5.91 Å². The lowest BCUT2D eigenvalue weighted by atomic mass is 10.1. The highest BCUT2D eigenvalue weighted by molar-refractivity contribution is 6.05. The summed E-state index contributed by atoms with van der Waals surface area (Å²) < 4.78 is 5.14. The van der Waals surface area contributed by atoms with E-state index in [1.54, 1.807) is 24.3 Å². The van der Waals surface area contributed by atoms with E-state index < -0.39 is 5.91 Å². The summed E-state index contributed by atoms with van der Waals surface area (Å²) in [7, 11) is 1.47. The Morgan fingerprint density at radius 2 is 2.20 bits per heavy atom. The van der Waals surface area contributed by atoms with E-state index >= 15 is 0 Å². The van der Waals surface area contributed by atoms with Gasteiger partial charge in [0.15, 0.2) is 0 Å². The Balaban J connectivity index is 2.32. The summed E-state index contributed by atoms with van der Waals surface area (Å²) in [5, 5.41) is 11.7. The number of anilines is 2. The van der Waals surface area contributed by atoms with Crippen molar-refractivity contribution < 1.29 is 9.53 Å². The van der Waals surface area contributed by atoms with E-state index in [0.717, 1.165) is 0 Å². The molecule has 0 atom stereocenters. The number of methoxy groups -OCH3 is 1. The molecule has 2 aromatic rings. The van der Waals surface area contributed by atoms with Crippen LogP contribution in [0.1, 0.15) is 15.9 Å². The number of benzene rings is 1. The highest BCUT2D eigenvalue weighted by Gasteiger charge is 2.13. The lowest BCUT2D eigenvalue weighted by molar-refractivity contribution is 0.102.